The summed E-state index contributed by atoms with van der Waals surface area (Å²) in [5, 5.41) is 0. The maximum Gasteiger partial charge on any atom is 0.237 e. The highest BCUT2D eigenvalue weighted by atomic mass is 16.5. The highest BCUT2D eigenvalue weighted by Gasteiger charge is 2.48. The van der Waals surface area contributed by atoms with Gasteiger partial charge in [0.2, 0.25) is 11.8 Å². The van der Waals surface area contributed by atoms with Gasteiger partial charge >= 0.3 is 0 Å². The smallest absolute Gasteiger partial charge is 0.237 e. The van der Waals surface area contributed by atoms with Gasteiger partial charge in [0.25, 0.3) is 0 Å². The first kappa shape index (κ1) is 18.5. The molecule has 0 bridgehead atoms. The number of carbonyl (C=O) groups is 2. The Hall–Kier alpha value is -2.34. The first-order valence-corrected chi connectivity index (χ1v) is 9.07. The summed E-state index contributed by atoms with van der Waals surface area (Å²) in [5.41, 5.74) is 1.14. The summed E-state index contributed by atoms with van der Waals surface area (Å²) in [6, 6.07) is 5.88. The number of rotatable bonds is 7. The Balaban J connectivity index is 1.57. The minimum absolute atomic E-state index is 0.00480. The van der Waals surface area contributed by atoms with Gasteiger partial charge in [0.05, 0.1) is 39.6 Å². The van der Waals surface area contributed by atoms with E-state index in [9.17, 15) is 9.59 Å². The lowest BCUT2D eigenvalue weighted by Crippen LogP contribution is -3.11. The monoisotopic (exact) mass is 359 g/mol. The highest BCUT2D eigenvalue weighted by molar-refractivity contribution is 6.05. The minimum Gasteiger partial charge on any atom is -0.493 e. The molecule has 1 N–H and O–H groups in total. The predicted molar refractivity (Wildman–Crippen MR) is 97.1 cm³/mol. The third-order valence-electron chi connectivity index (χ3n) is 5.32. The number of fused-ring (bicyclic) bond motifs is 1. The van der Waals surface area contributed by atoms with Crippen molar-refractivity contribution in [3.8, 4) is 11.5 Å². The van der Waals surface area contributed by atoms with E-state index in [0.29, 0.717) is 31.0 Å². The lowest BCUT2D eigenvalue weighted by atomic mass is 9.85. The topological polar surface area (TPSA) is 60.3 Å². The van der Waals surface area contributed by atoms with E-state index in [1.54, 1.807) is 14.2 Å². The van der Waals surface area contributed by atoms with Crippen LogP contribution in [0.5, 0.6) is 11.5 Å². The van der Waals surface area contributed by atoms with Crippen molar-refractivity contribution >= 4 is 11.8 Å². The van der Waals surface area contributed by atoms with Gasteiger partial charge in [-0.05, 0) is 30.5 Å². The van der Waals surface area contributed by atoms with E-state index in [1.807, 2.05) is 37.4 Å². The van der Waals surface area contributed by atoms with Crippen molar-refractivity contribution in [1.82, 2.24) is 4.90 Å². The number of likely N-dealkylation sites (N-methyl/N-ethyl adjacent to an activating group) is 1. The third-order valence-corrected chi connectivity index (χ3v) is 5.32. The molecule has 0 saturated carbocycles. The molecule has 1 aliphatic heterocycles. The molecule has 6 nitrogen and oxygen atoms in total. The van der Waals surface area contributed by atoms with Crippen LogP contribution in [-0.4, -0.2) is 51.2 Å². The average molecular weight is 359 g/mol. The fourth-order valence-corrected chi connectivity index (χ4v) is 3.77. The first-order valence-electron chi connectivity index (χ1n) is 9.07. The number of imide groups is 1. The molecule has 0 aromatic heterocycles. The van der Waals surface area contributed by atoms with Crippen LogP contribution in [-0.2, 0) is 16.0 Å². The van der Waals surface area contributed by atoms with Crippen molar-refractivity contribution in [1.29, 1.82) is 0 Å². The van der Waals surface area contributed by atoms with Crippen molar-refractivity contribution < 1.29 is 24.0 Å². The van der Waals surface area contributed by atoms with Gasteiger partial charge in [-0.1, -0.05) is 18.2 Å². The number of amides is 2. The molecule has 0 radical (unpaired) electrons. The molecule has 1 aromatic carbocycles. The third kappa shape index (κ3) is 3.60. The summed E-state index contributed by atoms with van der Waals surface area (Å²) in [6.07, 6.45) is 6.25. The molecular formula is C20H27N2O4+. The summed E-state index contributed by atoms with van der Waals surface area (Å²) in [6.45, 7) is 1.25. The molecule has 1 heterocycles. The number of likely N-dealkylation sites (tertiary alicyclic amines) is 1. The Kier molecular flexibility index (Phi) is 5.61. The van der Waals surface area contributed by atoms with Gasteiger partial charge in [-0.15, -0.1) is 0 Å². The number of allylic oxidation sites excluding steroid dienone is 2. The fraction of sp³-hybridized carbons (Fsp3) is 0.500. The number of ether oxygens (including phenoxy) is 2. The van der Waals surface area contributed by atoms with Gasteiger partial charge in [0.15, 0.2) is 18.2 Å². The second-order valence-electron chi connectivity index (χ2n) is 7.06. The van der Waals surface area contributed by atoms with Crippen LogP contribution in [0.4, 0.5) is 0 Å². The molecule has 1 saturated heterocycles. The Labute approximate surface area is 154 Å². The van der Waals surface area contributed by atoms with Gasteiger partial charge in [0.1, 0.15) is 0 Å². The van der Waals surface area contributed by atoms with Gasteiger partial charge in [-0.3, -0.25) is 9.59 Å². The number of methoxy groups -OCH3 is 2. The van der Waals surface area contributed by atoms with Crippen LogP contribution in [0.2, 0.25) is 0 Å². The number of nitrogens with one attached hydrogen (secondary N) is 1. The van der Waals surface area contributed by atoms with Crippen molar-refractivity contribution in [3.63, 3.8) is 0 Å². The SMILES string of the molecule is COc1ccc(CC[NH+](C)CN2C(=O)[C@H]3CC=CC[C@H]3C2=O)cc1OC. The molecule has 2 amide bonds. The second kappa shape index (κ2) is 7.91. The van der Waals surface area contributed by atoms with E-state index in [4.69, 9.17) is 9.47 Å². The standard InChI is InChI=1S/C20H26N2O4/c1-21(11-10-14-8-9-17(25-2)18(12-14)26-3)13-22-19(23)15-6-4-5-7-16(15)20(22)24/h4-5,8-9,12,15-16H,6-7,10-11,13H2,1-3H3/p+1/t15-,16+. The fourth-order valence-electron chi connectivity index (χ4n) is 3.77. The molecule has 6 heteroatoms. The summed E-state index contributed by atoms with van der Waals surface area (Å²) in [5.74, 6) is 1.12. The molecule has 1 aliphatic carbocycles. The van der Waals surface area contributed by atoms with Crippen molar-refractivity contribution in [3.05, 3.63) is 35.9 Å². The van der Waals surface area contributed by atoms with E-state index in [0.717, 1.165) is 23.4 Å². The van der Waals surface area contributed by atoms with Crippen LogP contribution >= 0.6 is 0 Å². The van der Waals surface area contributed by atoms with E-state index >= 15 is 0 Å². The normalized spacial score (nSPS) is 23.1. The van der Waals surface area contributed by atoms with Crippen LogP contribution in [0.15, 0.2) is 30.4 Å². The molecule has 1 unspecified atom stereocenters. The summed E-state index contributed by atoms with van der Waals surface area (Å²) >= 11 is 0. The van der Waals surface area contributed by atoms with Gasteiger partial charge in [-0.25, -0.2) is 4.90 Å². The summed E-state index contributed by atoms with van der Waals surface area (Å²) in [7, 11) is 5.26. The lowest BCUT2D eigenvalue weighted by molar-refractivity contribution is -0.887. The molecule has 26 heavy (non-hydrogen) atoms. The number of quaternary nitrogens is 1. The Morgan fingerprint density at radius 2 is 1.65 bits per heavy atom. The van der Waals surface area contributed by atoms with E-state index < -0.39 is 0 Å². The number of nitrogens with zero attached hydrogens (tertiary/aromatic N) is 1. The van der Waals surface area contributed by atoms with Gasteiger partial charge in [0, 0.05) is 6.42 Å². The molecular weight excluding hydrogens is 332 g/mol. The van der Waals surface area contributed by atoms with E-state index in [2.05, 4.69) is 0 Å². The Bertz CT molecular complexity index is 690. The minimum atomic E-state index is -0.147. The van der Waals surface area contributed by atoms with Gasteiger partial charge < -0.3 is 14.4 Å². The molecule has 1 fully saturated rings. The number of benzene rings is 1. The van der Waals surface area contributed by atoms with Crippen LogP contribution in [0.25, 0.3) is 0 Å². The summed E-state index contributed by atoms with van der Waals surface area (Å²) in [4.78, 5) is 27.7. The van der Waals surface area contributed by atoms with Crippen molar-refractivity contribution in [2.75, 3.05) is 34.5 Å². The second-order valence-corrected chi connectivity index (χ2v) is 7.06. The number of carbonyl (C=O) groups excluding carboxylic acids is 2. The van der Waals surface area contributed by atoms with Crippen molar-refractivity contribution in [2.24, 2.45) is 11.8 Å². The molecule has 3 rings (SSSR count). The average Bonchev–Trinajstić information content (AvgIpc) is 2.91. The number of hydrogen-bond donors (Lipinski definition) is 1. The predicted octanol–water partition coefficient (Wildman–Crippen LogP) is 0.670. The van der Waals surface area contributed by atoms with Crippen molar-refractivity contribution in [2.45, 2.75) is 19.3 Å². The van der Waals surface area contributed by atoms with Crippen LogP contribution in [0, 0.1) is 11.8 Å². The molecule has 140 valence electrons. The quantitative estimate of drug-likeness (QED) is 0.574. The Morgan fingerprint density at radius 1 is 1.04 bits per heavy atom. The maximum atomic E-state index is 12.5. The largest absolute Gasteiger partial charge is 0.493 e. The Morgan fingerprint density at radius 3 is 2.23 bits per heavy atom. The molecule has 1 aromatic rings. The van der Waals surface area contributed by atoms with Crippen LogP contribution < -0.4 is 14.4 Å². The van der Waals surface area contributed by atoms with Crippen LogP contribution in [0.3, 0.4) is 0 Å². The maximum absolute atomic E-state index is 12.5. The van der Waals surface area contributed by atoms with E-state index in [1.165, 1.54) is 4.90 Å². The highest BCUT2D eigenvalue weighted by Crippen LogP contribution is 2.34. The zero-order valence-corrected chi connectivity index (χ0v) is 15.7. The number of hydrogen-bond acceptors (Lipinski definition) is 4. The molecule has 3 atom stereocenters. The zero-order chi connectivity index (χ0) is 18.7. The van der Waals surface area contributed by atoms with Crippen LogP contribution in [0.1, 0.15) is 18.4 Å². The van der Waals surface area contributed by atoms with Gasteiger partial charge in [-0.2, -0.15) is 0 Å². The summed E-state index contributed by atoms with van der Waals surface area (Å²) < 4.78 is 10.6. The zero-order valence-electron chi connectivity index (χ0n) is 15.7. The molecule has 2 aliphatic rings. The first-order chi connectivity index (χ1) is 12.5. The molecule has 0 spiro atoms. The lowest BCUT2D eigenvalue weighted by Gasteiger charge is -2.20. The van der Waals surface area contributed by atoms with E-state index in [-0.39, 0.29) is 23.7 Å².